The molecule has 5 rings (SSSR count). The first-order chi connectivity index (χ1) is 11.6. The zero-order chi connectivity index (χ0) is 16.6. The van der Waals surface area contributed by atoms with Crippen LogP contribution in [0.1, 0.15) is 45.4 Å². The van der Waals surface area contributed by atoms with E-state index in [1.54, 1.807) is 6.08 Å². The van der Waals surface area contributed by atoms with Crippen molar-refractivity contribution < 1.29 is 9.59 Å². The van der Waals surface area contributed by atoms with E-state index in [-0.39, 0.29) is 11.7 Å². The predicted octanol–water partition coefficient (Wildman–Crippen LogP) is 3.55. The number of allylic oxidation sites excluding steroid dienone is 1. The van der Waals surface area contributed by atoms with Crippen LogP contribution < -0.4 is 0 Å². The summed E-state index contributed by atoms with van der Waals surface area (Å²) in [5.41, 5.74) is 1.56. The van der Waals surface area contributed by atoms with Crippen molar-refractivity contribution in [2.24, 2.45) is 52.8 Å². The van der Waals surface area contributed by atoms with Crippen LogP contribution in [0.5, 0.6) is 0 Å². The average Bonchev–Trinajstić information content (AvgIpc) is 3.30. The van der Waals surface area contributed by atoms with E-state index >= 15 is 0 Å². The topological polar surface area (TPSA) is 57.9 Å². The van der Waals surface area contributed by atoms with Gasteiger partial charge in [0.05, 0.1) is 6.07 Å². The van der Waals surface area contributed by atoms with Crippen molar-refractivity contribution in [3.05, 3.63) is 11.6 Å². The third-order valence-electron chi connectivity index (χ3n) is 8.62. The second kappa shape index (κ2) is 4.81. The SMILES string of the molecule is C[C@]12CC[C@H]3[C@@H](CC(C=O)C4=CC(=O)C(C#N)C[C@@H]43)[C@@H]1CC1CC12. The first-order valence-corrected chi connectivity index (χ1v) is 9.67. The highest BCUT2D eigenvalue weighted by molar-refractivity contribution is 5.95. The Kier molecular flexibility index (Phi) is 2.98. The Morgan fingerprint density at radius 2 is 2.00 bits per heavy atom. The molecule has 4 unspecified atom stereocenters. The van der Waals surface area contributed by atoms with Crippen LogP contribution in [0, 0.1) is 64.1 Å². The van der Waals surface area contributed by atoms with Gasteiger partial charge >= 0.3 is 0 Å². The fourth-order valence-corrected chi connectivity index (χ4v) is 7.41. The highest BCUT2D eigenvalue weighted by atomic mass is 16.1. The normalized spacial score (nSPS) is 54.5. The number of nitrogens with zero attached hydrogens (tertiary/aromatic N) is 1. The molecule has 0 aromatic carbocycles. The van der Waals surface area contributed by atoms with Crippen LogP contribution in [0.2, 0.25) is 0 Å². The largest absolute Gasteiger partial charge is 0.303 e. The van der Waals surface area contributed by atoms with Crippen molar-refractivity contribution >= 4 is 12.1 Å². The third kappa shape index (κ3) is 1.78. The summed E-state index contributed by atoms with van der Waals surface area (Å²) in [6, 6.07) is 2.20. The van der Waals surface area contributed by atoms with E-state index < -0.39 is 5.92 Å². The zero-order valence-electron chi connectivity index (χ0n) is 14.3. The van der Waals surface area contributed by atoms with Gasteiger partial charge in [-0.3, -0.25) is 4.79 Å². The second-order valence-electron chi connectivity index (χ2n) is 9.37. The number of rotatable bonds is 1. The minimum absolute atomic E-state index is 0.0724. The molecule has 3 heteroatoms. The van der Waals surface area contributed by atoms with Gasteiger partial charge in [-0.2, -0.15) is 5.26 Å². The molecule has 9 atom stereocenters. The summed E-state index contributed by atoms with van der Waals surface area (Å²) in [4.78, 5) is 23.9. The van der Waals surface area contributed by atoms with Crippen LogP contribution >= 0.6 is 0 Å². The summed E-state index contributed by atoms with van der Waals surface area (Å²) < 4.78 is 0. The fraction of sp³-hybridized carbons (Fsp3) is 0.762. The Morgan fingerprint density at radius 3 is 2.75 bits per heavy atom. The number of aldehydes is 1. The Labute approximate surface area is 143 Å². The van der Waals surface area contributed by atoms with E-state index in [2.05, 4.69) is 13.0 Å². The first-order valence-electron chi connectivity index (χ1n) is 9.67. The lowest BCUT2D eigenvalue weighted by Gasteiger charge is -2.55. The lowest BCUT2D eigenvalue weighted by Crippen LogP contribution is -2.49. The summed E-state index contributed by atoms with van der Waals surface area (Å²) >= 11 is 0. The number of carbonyl (C=O) groups excluding carboxylic acids is 2. The second-order valence-corrected chi connectivity index (χ2v) is 9.37. The third-order valence-corrected chi connectivity index (χ3v) is 8.62. The Hall–Kier alpha value is -1.43. The molecule has 0 N–H and O–H groups in total. The van der Waals surface area contributed by atoms with Crippen LogP contribution in [-0.2, 0) is 9.59 Å². The first kappa shape index (κ1) is 14.9. The van der Waals surface area contributed by atoms with Crippen LogP contribution in [0.3, 0.4) is 0 Å². The maximum Gasteiger partial charge on any atom is 0.172 e. The molecule has 0 radical (unpaired) electrons. The molecule has 0 bridgehead atoms. The Balaban J connectivity index is 1.52. The van der Waals surface area contributed by atoms with Gasteiger partial charge in [-0.15, -0.1) is 0 Å². The monoisotopic (exact) mass is 323 g/mol. The molecule has 0 aliphatic heterocycles. The van der Waals surface area contributed by atoms with E-state index in [9.17, 15) is 14.9 Å². The van der Waals surface area contributed by atoms with Gasteiger partial charge in [-0.1, -0.05) is 12.5 Å². The molecule has 4 saturated carbocycles. The number of ketones is 1. The van der Waals surface area contributed by atoms with Gasteiger partial charge in [-0.25, -0.2) is 0 Å². The molecule has 0 saturated heterocycles. The van der Waals surface area contributed by atoms with Crippen molar-refractivity contribution in [3.8, 4) is 6.07 Å². The van der Waals surface area contributed by atoms with Gasteiger partial charge in [0.1, 0.15) is 12.2 Å². The maximum atomic E-state index is 12.2. The molecule has 3 nitrogen and oxygen atoms in total. The maximum absolute atomic E-state index is 12.2. The molecule has 4 fully saturated rings. The molecule has 5 aliphatic carbocycles. The summed E-state index contributed by atoms with van der Waals surface area (Å²) in [7, 11) is 0. The fourth-order valence-electron chi connectivity index (χ4n) is 7.41. The summed E-state index contributed by atoms with van der Waals surface area (Å²) in [6.45, 7) is 2.51. The van der Waals surface area contributed by atoms with Crippen LogP contribution in [0.25, 0.3) is 0 Å². The van der Waals surface area contributed by atoms with Gasteiger partial charge in [0.15, 0.2) is 5.78 Å². The van der Waals surface area contributed by atoms with Gasteiger partial charge in [0, 0.05) is 5.92 Å². The summed E-state index contributed by atoms with van der Waals surface area (Å²) in [5.74, 6) is 3.52. The van der Waals surface area contributed by atoms with E-state index in [0.29, 0.717) is 29.6 Å². The molecular formula is C21H25NO2. The summed E-state index contributed by atoms with van der Waals surface area (Å²) in [5, 5.41) is 9.33. The molecule has 0 heterocycles. The minimum Gasteiger partial charge on any atom is -0.303 e. The lowest BCUT2D eigenvalue weighted by molar-refractivity contribution is -0.119. The van der Waals surface area contributed by atoms with Crippen molar-refractivity contribution in [1.82, 2.24) is 0 Å². The number of carbonyl (C=O) groups is 2. The highest BCUT2D eigenvalue weighted by Crippen LogP contribution is 2.72. The standard InChI is InChI=1S/C21H25NO2/c1-21-3-2-14-16-4-12(9-22)20(24)8-15(16)13(10-23)5-17(14)19(21)7-11-6-18(11)21/h8,10-14,16-19H,2-7H2,1H3/t11?,12?,13?,14-,16-,17-,18?,19+,21-/m1/s1. The van der Waals surface area contributed by atoms with Gasteiger partial charge < -0.3 is 4.79 Å². The highest BCUT2D eigenvalue weighted by Gasteiger charge is 2.65. The molecule has 0 aromatic heterocycles. The molecule has 24 heavy (non-hydrogen) atoms. The van der Waals surface area contributed by atoms with Crippen molar-refractivity contribution in [2.75, 3.05) is 0 Å². The lowest BCUT2D eigenvalue weighted by atomic mass is 9.49. The number of hydrogen-bond donors (Lipinski definition) is 0. The smallest absolute Gasteiger partial charge is 0.172 e. The minimum atomic E-state index is -0.491. The van der Waals surface area contributed by atoms with E-state index in [4.69, 9.17) is 0 Å². The number of fused-ring (bicyclic) bond motifs is 7. The number of nitriles is 1. The van der Waals surface area contributed by atoms with Crippen molar-refractivity contribution in [1.29, 1.82) is 5.26 Å². The Morgan fingerprint density at radius 1 is 1.21 bits per heavy atom. The van der Waals surface area contributed by atoms with Crippen LogP contribution in [-0.4, -0.2) is 12.1 Å². The van der Waals surface area contributed by atoms with Gasteiger partial charge in [0.25, 0.3) is 0 Å². The molecule has 0 spiro atoms. The van der Waals surface area contributed by atoms with Crippen LogP contribution in [0.4, 0.5) is 0 Å². The van der Waals surface area contributed by atoms with E-state index in [1.165, 1.54) is 25.7 Å². The molecule has 0 amide bonds. The van der Waals surface area contributed by atoms with Crippen LogP contribution in [0.15, 0.2) is 11.6 Å². The average molecular weight is 323 g/mol. The summed E-state index contributed by atoms with van der Waals surface area (Å²) in [6.07, 6.45) is 9.68. The van der Waals surface area contributed by atoms with Gasteiger partial charge in [0.2, 0.25) is 0 Å². The van der Waals surface area contributed by atoms with Crippen molar-refractivity contribution in [2.45, 2.75) is 45.4 Å². The van der Waals surface area contributed by atoms with E-state index in [1.807, 2.05) is 0 Å². The quantitative estimate of drug-likeness (QED) is 0.693. The van der Waals surface area contributed by atoms with Gasteiger partial charge in [-0.05, 0) is 85.5 Å². The molecule has 0 aromatic rings. The molecule has 126 valence electrons. The zero-order valence-corrected chi connectivity index (χ0v) is 14.3. The van der Waals surface area contributed by atoms with Crippen molar-refractivity contribution in [3.63, 3.8) is 0 Å². The molecule has 5 aliphatic rings. The number of hydrogen-bond acceptors (Lipinski definition) is 3. The Bertz CT molecular complexity index is 688. The van der Waals surface area contributed by atoms with E-state index in [0.717, 1.165) is 36.0 Å². The predicted molar refractivity (Wildman–Crippen MR) is 88.5 cm³/mol. The molecular weight excluding hydrogens is 298 g/mol.